The molecule has 1 aliphatic heterocycles. The Morgan fingerprint density at radius 3 is 2.47 bits per heavy atom. The number of morpholine rings is 1. The monoisotopic (exact) mass is 412 g/mol. The normalized spacial score (nSPS) is 17.7. The second-order valence-electron chi connectivity index (χ2n) is 7.77. The number of amides is 2. The fourth-order valence-electron chi connectivity index (χ4n) is 3.45. The molecular formula is C23H28N2O5. The number of nitrogens with one attached hydrogen (secondary N) is 1. The fourth-order valence-corrected chi connectivity index (χ4v) is 3.45. The number of hydrogen-bond donors (Lipinski definition) is 2. The quantitative estimate of drug-likeness (QED) is 0.730. The van der Waals surface area contributed by atoms with Crippen LogP contribution in [0.1, 0.15) is 35.9 Å². The highest BCUT2D eigenvalue weighted by molar-refractivity contribution is 6.04. The van der Waals surface area contributed by atoms with Gasteiger partial charge in [-0.1, -0.05) is 26.0 Å². The minimum Gasteiger partial charge on any atom is -0.497 e. The van der Waals surface area contributed by atoms with Gasteiger partial charge in [-0.05, 0) is 47.9 Å². The maximum atomic E-state index is 12.4. The minimum atomic E-state index is -0.876. The lowest BCUT2D eigenvalue weighted by Gasteiger charge is -2.39. The van der Waals surface area contributed by atoms with Gasteiger partial charge in [-0.3, -0.25) is 9.59 Å². The summed E-state index contributed by atoms with van der Waals surface area (Å²) in [6, 6.07) is 13.4. The van der Waals surface area contributed by atoms with E-state index in [2.05, 4.69) is 5.32 Å². The van der Waals surface area contributed by atoms with Crippen molar-refractivity contribution >= 4 is 17.5 Å². The van der Waals surface area contributed by atoms with Crippen molar-refractivity contribution < 1.29 is 24.2 Å². The number of aliphatic hydroxyl groups excluding tert-OH is 1. The summed E-state index contributed by atoms with van der Waals surface area (Å²) in [7, 11) is 1.57. The zero-order valence-corrected chi connectivity index (χ0v) is 17.5. The maximum Gasteiger partial charge on any atom is 0.255 e. The first-order valence-electron chi connectivity index (χ1n) is 9.99. The summed E-state index contributed by atoms with van der Waals surface area (Å²) in [5.74, 6) is 0.626. The molecule has 1 fully saturated rings. The lowest BCUT2D eigenvalue weighted by atomic mass is 9.99. The van der Waals surface area contributed by atoms with Crippen molar-refractivity contribution in [1.82, 2.24) is 4.90 Å². The second kappa shape index (κ2) is 9.73. The molecule has 2 N–H and O–H groups in total. The average Bonchev–Trinajstić information content (AvgIpc) is 2.75. The number of nitrogens with zero attached hydrogens (tertiary/aromatic N) is 1. The zero-order valence-electron chi connectivity index (χ0n) is 17.5. The SMILES string of the molecule is COc1ccc(C(=O)Nc2ccc(C(O)[C@H]3COCC(=O)N3CC(C)C)cc2)cc1. The van der Waals surface area contributed by atoms with Gasteiger partial charge in [0.1, 0.15) is 18.5 Å². The van der Waals surface area contributed by atoms with Gasteiger partial charge in [-0.2, -0.15) is 0 Å². The van der Waals surface area contributed by atoms with Gasteiger partial charge >= 0.3 is 0 Å². The molecule has 160 valence electrons. The zero-order chi connectivity index (χ0) is 21.7. The number of carbonyl (C=O) groups excluding carboxylic acids is 2. The van der Waals surface area contributed by atoms with Gasteiger partial charge in [-0.15, -0.1) is 0 Å². The highest BCUT2D eigenvalue weighted by atomic mass is 16.5. The van der Waals surface area contributed by atoms with E-state index in [9.17, 15) is 14.7 Å². The van der Waals surface area contributed by atoms with E-state index < -0.39 is 12.1 Å². The highest BCUT2D eigenvalue weighted by Gasteiger charge is 2.34. The van der Waals surface area contributed by atoms with Gasteiger partial charge in [-0.25, -0.2) is 0 Å². The number of methoxy groups -OCH3 is 1. The van der Waals surface area contributed by atoms with Crippen LogP contribution in [-0.2, 0) is 9.53 Å². The summed E-state index contributed by atoms with van der Waals surface area (Å²) in [6.07, 6.45) is -0.876. The van der Waals surface area contributed by atoms with E-state index in [1.165, 1.54) is 0 Å². The van der Waals surface area contributed by atoms with Gasteiger partial charge in [0.15, 0.2) is 0 Å². The standard InChI is InChI=1S/C23H28N2O5/c1-15(2)12-25-20(13-30-14-21(25)26)22(27)16-4-8-18(9-5-16)24-23(28)17-6-10-19(29-3)11-7-17/h4-11,15,20,22,27H,12-14H2,1-3H3,(H,24,28)/t20-,22?/m1/s1. The van der Waals surface area contributed by atoms with Crippen molar-refractivity contribution in [1.29, 1.82) is 0 Å². The molecule has 0 aromatic heterocycles. The van der Waals surface area contributed by atoms with Crippen LogP contribution < -0.4 is 10.1 Å². The summed E-state index contributed by atoms with van der Waals surface area (Å²) in [4.78, 5) is 26.4. The van der Waals surface area contributed by atoms with Crippen LogP contribution in [-0.4, -0.2) is 54.7 Å². The van der Waals surface area contributed by atoms with Gasteiger partial charge < -0.3 is 24.8 Å². The Morgan fingerprint density at radius 2 is 1.87 bits per heavy atom. The van der Waals surface area contributed by atoms with Crippen molar-refractivity contribution in [2.24, 2.45) is 5.92 Å². The third-order valence-electron chi connectivity index (χ3n) is 5.02. The van der Waals surface area contributed by atoms with Crippen LogP contribution in [0.5, 0.6) is 5.75 Å². The van der Waals surface area contributed by atoms with E-state index in [0.717, 1.165) is 0 Å². The molecule has 1 aliphatic rings. The fraction of sp³-hybridized carbons (Fsp3) is 0.391. The van der Waals surface area contributed by atoms with E-state index in [4.69, 9.17) is 9.47 Å². The van der Waals surface area contributed by atoms with Gasteiger partial charge in [0.05, 0.1) is 19.8 Å². The molecule has 0 saturated carbocycles. The number of ether oxygens (including phenoxy) is 2. The molecule has 0 spiro atoms. The van der Waals surface area contributed by atoms with Crippen LogP contribution in [0.4, 0.5) is 5.69 Å². The van der Waals surface area contributed by atoms with Crippen molar-refractivity contribution in [3.8, 4) is 5.75 Å². The van der Waals surface area contributed by atoms with Crippen LogP contribution in [0, 0.1) is 5.92 Å². The molecule has 0 radical (unpaired) electrons. The Bertz CT molecular complexity index is 864. The van der Waals surface area contributed by atoms with Gasteiger partial charge in [0.25, 0.3) is 5.91 Å². The summed E-state index contributed by atoms with van der Waals surface area (Å²) in [6.45, 7) is 4.97. The van der Waals surface area contributed by atoms with Gasteiger partial charge in [0.2, 0.25) is 5.91 Å². The topological polar surface area (TPSA) is 88.1 Å². The molecule has 30 heavy (non-hydrogen) atoms. The van der Waals surface area contributed by atoms with Crippen molar-refractivity contribution in [2.75, 3.05) is 32.2 Å². The van der Waals surface area contributed by atoms with Crippen LogP contribution in [0.25, 0.3) is 0 Å². The number of hydrogen-bond acceptors (Lipinski definition) is 5. The number of aliphatic hydroxyl groups is 1. The van der Waals surface area contributed by atoms with Crippen LogP contribution in [0.15, 0.2) is 48.5 Å². The molecule has 0 aliphatic carbocycles. The number of benzene rings is 2. The summed E-state index contributed by atoms with van der Waals surface area (Å²) in [5.41, 5.74) is 1.79. The Morgan fingerprint density at radius 1 is 1.20 bits per heavy atom. The van der Waals surface area contributed by atoms with E-state index in [0.29, 0.717) is 29.1 Å². The smallest absolute Gasteiger partial charge is 0.255 e. The van der Waals surface area contributed by atoms with Crippen LogP contribution in [0.3, 0.4) is 0 Å². The molecule has 2 atom stereocenters. The highest BCUT2D eigenvalue weighted by Crippen LogP contribution is 2.26. The molecular weight excluding hydrogens is 384 g/mol. The van der Waals surface area contributed by atoms with Gasteiger partial charge in [0, 0.05) is 17.8 Å². The number of anilines is 1. The first-order valence-corrected chi connectivity index (χ1v) is 9.99. The van der Waals surface area contributed by atoms with E-state index >= 15 is 0 Å². The van der Waals surface area contributed by atoms with E-state index in [1.54, 1.807) is 60.5 Å². The molecule has 1 unspecified atom stereocenters. The molecule has 2 aromatic rings. The Kier molecular flexibility index (Phi) is 7.07. The number of rotatable bonds is 7. The average molecular weight is 412 g/mol. The Balaban J connectivity index is 1.67. The Hall–Kier alpha value is -2.90. The largest absolute Gasteiger partial charge is 0.497 e. The molecule has 0 bridgehead atoms. The van der Waals surface area contributed by atoms with E-state index in [-0.39, 0.29) is 30.9 Å². The van der Waals surface area contributed by atoms with Crippen molar-refractivity contribution in [2.45, 2.75) is 26.0 Å². The second-order valence-corrected chi connectivity index (χ2v) is 7.77. The summed E-state index contributed by atoms with van der Waals surface area (Å²) in [5, 5.41) is 13.7. The molecule has 2 aromatic carbocycles. The first kappa shape index (κ1) is 21.8. The van der Waals surface area contributed by atoms with E-state index in [1.807, 2.05) is 13.8 Å². The molecule has 2 amide bonds. The third-order valence-corrected chi connectivity index (χ3v) is 5.02. The molecule has 7 nitrogen and oxygen atoms in total. The third kappa shape index (κ3) is 5.17. The molecule has 1 saturated heterocycles. The predicted molar refractivity (Wildman–Crippen MR) is 114 cm³/mol. The molecule has 1 heterocycles. The summed E-state index contributed by atoms with van der Waals surface area (Å²) < 4.78 is 10.5. The molecule has 7 heteroatoms. The molecule has 3 rings (SSSR count). The van der Waals surface area contributed by atoms with Crippen molar-refractivity contribution in [3.63, 3.8) is 0 Å². The first-order chi connectivity index (χ1) is 14.4. The van der Waals surface area contributed by atoms with Crippen molar-refractivity contribution in [3.05, 3.63) is 59.7 Å². The lowest BCUT2D eigenvalue weighted by molar-refractivity contribution is -0.155. The summed E-state index contributed by atoms with van der Waals surface area (Å²) >= 11 is 0. The minimum absolute atomic E-state index is 0.0479. The van der Waals surface area contributed by atoms with Crippen LogP contribution >= 0.6 is 0 Å². The maximum absolute atomic E-state index is 12.4. The lowest BCUT2D eigenvalue weighted by Crippen LogP contribution is -2.53. The van der Waals surface area contributed by atoms with Crippen LogP contribution in [0.2, 0.25) is 0 Å². The number of carbonyl (C=O) groups is 2. The Labute approximate surface area is 176 Å². The predicted octanol–water partition coefficient (Wildman–Crippen LogP) is 2.86.